The van der Waals surface area contributed by atoms with Gasteiger partial charge in [0, 0.05) is 28.1 Å². The zero-order valence-corrected chi connectivity index (χ0v) is 16.4. The van der Waals surface area contributed by atoms with Crippen molar-refractivity contribution >= 4 is 46.2 Å². The number of carbonyl (C=O) groups is 2. The predicted octanol–water partition coefficient (Wildman–Crippen LogP) is 3.22. The molecule has 2 aromatic rings. The summed E-state index contributed by atoms with van der Waals surface area (Å²) in [6.45, 7) is 1.52. The van der Waals surface area contributed by atoms with Gasteiger partial charge in [0.25, 0.3) is 11.4 Å². The second-order valence-electron chi connectivity index (χ2n) is 6.12. The van der Waals surface area contributed by atoms with Crippen LogP contribution < -0.4 is 10.7 Å². The number of halogens is 1. The van der Waals surface area contributed by atoms with Gasteiger partial charge < -0.3 is 5.32 Å². The zero-order chi connectivity index (χ0) is 22.3. The van der Waals surface area contributed by atoms with Crippen LogP contribution in [0.1, 0.15) is 18.9 Å². The van der Waals surface area contributed by atoms with Crippen LogP contribution in [-0.4, -0.2) is 27.4 Å². The minimum absolute atomic E-state index is 0.00330. The van der Waals surface area contributed by atoms with Crippen molar-refractivity contribution in [1.29, 1.82) is 0 Å². The fraction of sp³-hybridized carbons (Fsp3) is 0.167. The molecule has 0 fully saturated rings. The van der Waals surface area contributed by atoms with E-state index in [1.807, 2.05) is 0 Å². The molecule has 0 unspecified atom stereocenters. The number of non-ortho nitro benzene ring substituents is 1. The summed E-state index contributed by atoms with van der Waals surface area (Å²) in [6.07, 6.45) is -0.511. The molecular weight excluding hydrogens is 418 g/mol. The standard InChI is InChI=1S/C18H16ClN5O6/c1-11(8-17(25)20-14-5-3-13(19)4-6-14)21-22-18(26)9-12-2-7-15(23(27)28)10-16(12)24(29)30/h2-7,10H,8-9H2,1H3,(H,20,25)(H,22,26)/b21-11+. The number of anilines is 1. The molecule has 0 aliphatic heterocycles. The highest BCUT2D eigenvalue weighted by Crippen LogP contribution is 2.25. The molecule has 2 aromatic carbocycles. The largest absolute Gasteiger partial charge is 0.326 e. The number of nitro groups is 2. The Morgan fingerprint density at radius 2 is 1.70 bits per heavy atom. The van der Waals surface area contributed by atoms with Crippen molar-refractivity contribution in [2.45, 2.75) is 19.8 Å². The van der Waals surface area contributed by atoms with Crippen LogP contribution in [0.5, 0.6) is 0 Å². The predicted molar refractivity (Wildman–Crippen MR) is 109 cm³/mol. The van der Waals surface area contributed by atoms with Gasteiger partial charge in [0.2, 0.25) is 11.8 Å². The molecule has 30 heavy (non-hydrogen) atoms. The molecule has 0 radical (unpaired) electrons. The lowest BCUT2D eigenvalue weighted by Gasteiger charge is -2.06. The van der Waals surface area contributed by atoms with Crippen LogP contribution in [0.2, 0.25) is 5.02 Å². The van der Waals surface area contributed by atoms with E-state index in [9.17, 15) is 29.8 Å². The molecule has 2 rings (SSSR count). The van der Waals surface area contributed by atoms with Gasteiger partial charge in [-0.1, -0.05) is 11.6 Å². The molecule has 0 atom stereocenters. The number of carbonyl (C=O) groups excluding carboxylic acids is 2. The van der Waals surface area contributed by atoms with Crippen molar-refractivity contribution in [3.8, 4) is 0 Å². The number of benzene rings is 2. The first-order chi connectivity index (χ1) is 14.2. The Labute approximate surface area is 175 Å². The molecule has 0 saturated carbocycles. The molecule has 0 aromatic heterocycles. The van der Waals surface area contributed by atoms with Crippen LogP contribution in [0.3, 0.4) is 0 Å². The maximum absolute atomic E-state index is 12.0. The van der Waals surface area contributed by atoms with Gasteiger partial charge in [-0.05, 0) is 37.3 Å². The first-order valence-electron chi connectivity index (χ1n) is 8.45. The van der Waals surface area contributed by atoms with E-state index < -0.39 is 33.5 Å². The molecule has 0 spiro atoms. The summed E-state index contributed by atoms with van der Waals surface area (Å²) in [6, 6.07) is 9.51. The maximum atomic E-state index is 12.0. The number of amides is 2. The molecule has 156 valence electrons. The Balaban J connectivity index is 1.95. The molecule has 0 bridgehead atoms. The van der Waals surface area contributed by atoms with Crippen LogP contribution in [-0.2, 0) is 16.0 Å². The average molecular weight is 434 g/mol. The maximum Gasteiger partial charge on any atom is 0.279 e. The number of nitrogens with one attached hydrogen (secondary N) is 2. The number of nitrogens with zero attached hydrogens (tertiary/aromatic N) is 3. The number of hydrogen-bond donors (Lipinski definition) is 2. The first-order valence-corrected chi connectivity index (χ1v) is 8.82. The van der Waals surface area contributed by atoms with E-state index in [1.54, 1.807) is 24.3 Å². The Bertz CT molecular complexity index is 1020. The summed E-state index contributed by atoms with van der Waals surface area (Å²) in [5.41, 5.74) is 2.06. The van der Waals surface area contributed by atoms with Gasteiger partial charge in [0.05, 0.1) is 28.8 Å². The third-order valence-electron chi connectivity index (χ3n) is 3.74. The van der Waals surface area contributed by atoms with Crippen molar-refractivity contribution in [1.82, 2.24) is 5.43 Å². The lowest BCUT2D eigenvalue weighted by atomic mass is 10.1. The van der Waals surface area contributed by atoms with Crippen molar-refractivity contribution in [2.75, 3.05) is 5.32 Å². The summed E-state index contributed by atoms with van der Waals surface area (Å²) in [5, 5.41) is 28.8. The van der Waals surface area contributed by atoms with Gasteiger partial charge in [0.15, 0.2) is 0 Å². The average Bonchev–Trinajstić information content (AvgIpc) is 2.68. The van der Waals surface area contributed by atoms with Crippen molar-refractivity contribution in [2.24, 2.45) is 5.10 Å². The summed E-state index contributed by atoms with van der Waals surface area (Å²) >= 11 is 5.77. The number of nitro benzene ring substituents is 2. The van der Waals surface area contributed by atoms with E-state index in [4.69, 9.17) is 11.6 Å². The number of hydrogen-bond acceptors (Lipinski definition) is 7. The summed E-state index contributed by atoms with van der Waals surface area (Å²) in [4.78, 5) is 44.3. The smallest absolute Gasteiger partial charge is 0.279 e. The lowest BCUT2D eigenvalue weighted by molar-refractivity contribution is -0.394. The zero-order valence-electron chi connectivity index (χ0n) is 15.6. The van der Waals surface area contributed by atoms with Gasteiger partial charge in [-0.2, -0.15) is 5.10 Å². The Morgan fingerprint density at radius 3 is 2.30 bits per heavy atom. The number of hydrazone groups is 1. The van der Waals surface area contributed by atoms with Gasteiger partial charge in [-0.25, -0.2) is 5.43 Å². The molecule has 0 saturated heterocycles. The highest BCUT2D eigenvalue weighted by atomic mass is 35.5. The molecule has 12 heteroatoms. The van der Waals surface area contributed by atoms with Crippen LogP contribution in [0, 0.1) is 20.2 Å². The first kappa shape index (κ1) is 22.4. The topological polar surface area (TPSA) is 157 Å². The fourth-order valence-corrected chi connectivity index (χ4v) is 2.49. The molecule has 11 nitrogen and oxygen atoms in total. The molecule has 2 amide bonds. The Morgan fingerprint density at radius 1 is 1.03 bits per heavy atom. The van der Waals surface area contributed by atoms with Crippen LogP contribution >= 0.6 is 11.6 Å². The van der Waals surface area contributed by atoms with Crippen LogP contribution in [0.25, 0.3) is 0 Å². The van der Waals surface area contributed by atoms with Crippen LogP contribution in [0.15, 0.2) is 47.6 Å². The quantitative estimate of drug-likeness (QED) is 0.369. The van der Waals surface area contributed by atoms with Crippen molar-refractivity contribution in [3.05, 3.63) is 73.3 Å². The van der Waals surface area contributed by atoms with Crippen LogP contribution in [0.4, 0.5) is 17.1 Å². The van der Waals surface area contributed by atoms with Gasteiger partial charge in [0.1, 0.15) is 0 Å². The van der Waals surface area contributed by atoms with Crippen molar-refractivity contribution in [3.63, 3.8) is 0 Å². The third kappa shape index (κ3) is 6.63. The summed E-state index contributed by atoms with van der Waals surface area (Å²) < 4.78 is 0. The molecular formula is C18H16ClN5O6. The van der Waals surface area contributed by atoms with Gasteiger partial charge in [-0.15, -0.1) is 0 Å². The Hall–Kier alpha value is -3.86. The van der Waals surface area contributed by atoms with Gasteiger partial charge >= 0.3 is 0 Å². The normalized spacial score (nSPS) is 10.9. The van der Waals surface area contributed by atoms with Gasteiger partial charge in [-0.3, -0.25) is 29.8 Å². The van der Waals surface area contributed by atoms with E-state index in [-0.39, 0.29) is 17.9 Å². The van der Waals surface area contributed by atoms with E-state index in [0.29, 0.717) is 16.4 Å². The van der Waals surface area contributed by atoms with E-state index in [0.717, 1.165) is 18.2 Å². The van der Waals surface area contributed by atoms with Crippen molar-refractivity contribution < 1.29 is 19.4 Å². The summed E-state index contributed by atoms with van der Waals surface area (Å²) in [7, 11) is 0. The molecule has 0 heterocycles. The molecule has 2 N–H and O–H groups in total. The second kappa shape index (κ2) is 10.1. The third-order valence-corrected chi connectivity index (χ3v) is 4.00. The SMILES string of the molecule is C/C(CC(=O)Nc1ccc(Cl)cc1)=N\NC(=O)Cc1ccc([N+](=O)[O-])cc1[N+](=O)[O-]. The summed E-state index contributed by atoms with van der Waals surface area (Å²) in [5.74, 6) is -1.04. The Kier molecular flexibility index (Phi) is 7.53. The molecule has 0 aliphatic rings. The monoisotopic (exact) mass is 433 g/mol. The lowest BCUT2D eigenvalue weighted by Crippen LogP contribution is -2.23. The highest BCUT2D eigenvalue weighted by molar-refractivity contribution is 6.30. The minimum atomic E-state index is -0.800. The van der Waals surface area contributed by atoms with E-state index >= 15 is 0 Å². The second-order valence-corrected chi connectivity index (χ2v) is 6.55. The van der Waals surface area contributed by atoms with E-state index in [2.05, 4.69) is 15.8 Å². The van der Waals surface area contributed by atoms with E-state index in [1.165, 1.54) is 6.92 Å². The minimum Gasteiger partial charge on any atom is -0.326 e. The fourth-order valence-electron chi connectivity index (χ4n) is 2.37. The highest BCUT2D eigenvalue weighted by Gasteiger charge is 2.21. The number of rotatable bonds is 8. The molecule has 0 aliphatic carbocycles.